The van der Waals surface area contributed by atoms with E-state index in [-0.39, 0.29) is 11.7 Å². The molecule has 1 aliphatic rings. The van der Waals surface area contributed by atoms with Gasteiger partial charge in [0.25, 0.3) is 5.91 Å². The summed E-state index contributed by atoms with van der Waals surface area (Å²) in [5, 5.41) is 2.75. The molecule has 0 aromatic heterocycles. The van der Waals surface area contributed by atoms with Gasteiger partial charge in [0.1, 0.15) is 5.82 Å². The second kappa shape index (κ2) is 5.96. The van der Waals surface area contributed by atoms with Crippen LogP contribution >= 0.6 is 0 Å². The van der Waals surface area contributed by atoms with Crippen molar-refractivity contribution in [2.45, 2.75) is 32.2 Å². The Labute approximate surface area is 107 Å². The van der Waals surface area contributed by atoms with Gasteiger partial charge in [-0.3, -0.25) is 4.79 Å². The van der Waals surface area contributed by atoms with Crippen molar-refractivity contribution in [3.8, 4) is 0 Å². The van der Waals surface area contributed by atoms with Crippen molar-refractivity contribution < 1.29 is 14.1 Å². The van der Waals surface area contributed by atoms with E-state index >= 15 is 0 Å². The normalized spacial score (nSPS) is 23.7. The number of rotatable bonds is 3. The van der Waals surface area contributed by atoms with Crippen molar-refractivity contribution in [3.05, 3.63) is 30.1 Å². The molecule has 0 aliphatic carbocycles. The third kappa shape index (κ3) is 3.53. The zero-order valence-corrected chi connectivity index (χ0v) is 10.7. The fourth-order valence-corrected chi connectivity index (χ4v) is 2.49. The molecule has 1 aliphatic heterocycles. The second-order valence-corrected chi connectivity index (χ2v) is 5.04. The minimum atomic E-state index is -0.327. The molecule has 4 heteroatoms. The van der Waals surface area contributed by atoms with Gasteiger partial charge in [-0.05, 0) is 44.4 Å². The predicted molar refractivity (Wildman–Crippen MR) is 69.0 cm³/mol. The van der Waals surface area contributed by atoms with Gasteiger partial charge in [0.2, 0.25) is 0 Å². The monoisotopic (exact) mass is 251 g/mol. The van der Waals surface area contributed by atoms with Crippen molar-refractivity contribution in [2.24, 2.45) is 0 Å². The Bertz CT molecular complexity index is 422. The summed E-state index contributed by atoms with van der Waals surface area (Å²) >= 11 is 0. The summed E-state index contributed by atoms with van der Waals surface area (Å²) < 4.78 is 13.0. The van der Waals surface area contributed by atoms with Crippen molar-refractivity contribution in [1.82, 2.24) is 0 Å². The van der Waals surface area contributed by atoms with E-state index in [4.69, 9.17) is 0 Å². The maximum atomic E-state index is 13.0. The molecular weight excluding hydrogens is 231 g/mol. The van der Waals surface area contributed by atoms with Crippen LogP contribution in [0.5, 0.6) is 0 Å². The fourth-order valence-electron chi connectivity index (χ4n) is 2.49. The van der Waals surface area contributed by atoms with E-state index < -0.39 is 0 Å². The lowest BCUT2D eigenvalue weighted by Crippen LogP contribution is -3.17. The maximum absolute atomic E-state index is 13.0. The number of likely N-dealkylation sites (tertiary alicyclic amines) is 1. The zero-order valence-electron chi connectivity index (χ0n) is 10.7. The molecule has 98 valence electrons. The Kier molecular flexibility index (Phi) is 4.31. The molecule has 3 nitrogen and oxygen atoms in total. The Morgan fingerprint density at radius 2 is 2.33 bits per heavy atom. The standard InChI is InChI=1S/C14H19FN2O/c1-11-5-2-3-8-17(11)10-14(18)16-13-7-4-6-12(15)9-13/h4,6-7,9,11H,2-3,5,8,10H2,1H3,(H,16,18)/p+1/t11-/m1/s1. The van der Waals surface area contributed by atoms with Crippen LogP contribution in [-0.2, 0) is 4.79 Å². The molecule has 1 aromatic carbocycles. The first-order chi connectivity index (χ1) is 8.65. The Hall–Kier alpha value is -1.42. The number of hydrogen-bond acceptors (Lipinski definition) is 1. The second-order valence-electron chi connectivity index (χ2n) is 5.04. The highest BCUT2D eigenvalue weighted by molar-refractivity contribution is 5.91. The maximum Gasteiger partial charge on any atom is 0.279 e. The minimum absolute atomic E-state index is 0.0376. The van der Waals surface area contributed by atoms with Crippen LogP contribution in [0, 0.1) is 5.82 Å². The summed E-state index contributed by atoms with van der Waals surface area (Å²) in [7, 11) is 0. The highest BCUT2D eigenvalue weighted by Gasteiger charge is 2.24. The van der Waals surface area contributed by atoms with Gasteiger partial charge in [-0.1, -0.05) is 6.07 Å². The molecule has 2 rings (SSSR count). The summed E-state index contributed by atoms with van der Waals surface area (Å²) in [6.45, 7) is 3.71. The van der Waals surface area contributed by atoms with E-state index in [2.05, 4.69) is 12.2 Å². The summed E-state index contributed by atoms with van der Waals surface area (Å²) in [5.74, 6) is -0.365. The zero-order chi connectivity index (χ0) is 13.0. The highest BCUT2D eigenvalue weighted by Crippen LogP contribution is 2.08. The summed E-state index contributed by atoms with van der Waals surface area (Å²) in [5.41, 5.74) is 0.532. The first-order valence-corrected chi connectivity index (χ1v) is 6.55. The molecule has 1 heterocycles. The lowest BCUT2D eigenvalue weighted by Gasteiger charge is -2.29. The summed E-state index contributed by atoms with van der Waals surface area (Å²) in [4.78, 5) is 13.2. The van der Waals surface area contributed by atoms with Crippen molar-refractivity contribution in [3.63, 3.8) is 0 Å². The van der Waals surface area contributed by atoms with E-state index in [9.17, 15) is 9.18 Å². The molecule has 0 spiro atoms. The van der Waals surface area contributed by atoms with Crippen LogP contribution in [0.1, 0.15) is 26.2 Å². The number of hydrogen-bond donors (Lipinski definition) is 2. The molecule has 1 saturated heterocycles. The van der Waals surface area contributed by atoms with E-state index in [0.29, 0.717) is 18.3 Å². The van der Waals surface area contributed by atoms with E-state index in [1.165, 1.54) is 36.3 Å². The molecule has 2 N–H and O–H groups in total. The minimum Gasteiger partial charge on any atom is -0.325 e. The largest absolute Gasteiger partial charge is 0.325 e. The third-order valence-electron chi connectivity index (χ3n) is 3.58. The number of piperidine rings is 1. The molecule has 1 amide bonds. The van der Waals surface area contributed by atoms with Crippen molar-refractivity contribution in [1.29, 1.82) is 0 Å². The van der Waals surface area contributed by atoms with Gasteiger partial charge in [0.15, 0.2) is 6.54 Å². The Morgan fingerprint density at radius 3 is 3.06 bits per heavy atom. The predicted octanol–water partition coefficient (Wildman–Crippen LogP) is 1.22. The van der Waals surface area contributed by atoms with Gasteiger partial charge in [-0.15, -0.1) is 0 Å². The van der Waals surface area contributed by atoms with Crippen LogP contribution in [0.2, 0.25) is 0 Å². The molecule has 1 aromatic rings. The van der Waals surface area contributed by atoms with E-state index in [1.54, 1.807) is 12.1 Å². The number of carbonyl (C=O) groups excluding carboxylic acids is 1. The molecule has 18 heavy (non-hydrogen) atoms. The first kappa shape index (κ1) is 13.0. The summed E-state index contributed by atoms with van der Waals surface area (Å²) in [6, 6.07) is 6.55. The number of amides is 1. The molecule has 0 radical (unpaired) electrons. The van der Waals surface area contributed by atoms with Gasteiger partial charge in [0, 0.05) is 5.69 Å². The van der Waals surface area contributed by atoms with Crippen LogP contribution in [0.15, 0.2) is 24.3 Å². The number of carbonyl (C=O) groups is 1. The van der Waals surface area contributed by atoms with Crippen LogP contribution in [-0.4, -0.2) is 25.0 Å². The number of nitrogens with one attached hydrogen (secondary N) is 2. The average molecular weight is 251 g/mol. The van der Waals surface area contributed by atoms with Gasteiger partial charge in [0.05, 0.1) is 12.6 Å². The Balaban J connectivity index is 1.88. The molecule has 1 unspecified atom stereocenters. The lowest BCUT2D eigenvalue weighted by atomic mass is 10.0. The first-order valence-electron chi connectivity index (χ1n) is 6.55. The number of anilines is 1. The molecule has 0 bridgehead atoms. The Morgan fingerprint density at radius 1 is 1.50 bits per heavy atom. The number of benzene rings is 1. The SMILES string of the molecule is C[C@@H]1CCCC[NH+]1CC(=O)Nc1cccc(F)c1. The average Bonchev–Trinajstić information content (AvgIpc) is 2.32. The van der Waals surface area contributed by atoms with Gasteiger partial charge < -0.3 is 10.2 Å². The van der Waals surface area contributed by atoms with E-state index in [0.717, 1.165) is 6.54 Å². The third-order valence-corrected chi connectivity index (χ3v) is 3.58. The van der Waals surface area contributed by atoms with Crippen LogP contribution in [0.4, 0.5) is 10.1 Å². The quantitative estimate of drug-likeness (QED) is 0.832. The van der Waals surface area contributed by atoms with Crippen LogP contribution in [0.25, 0.3) is 0 Å². The summed E-state index contributed by atoms with van der Waals surface area (Å²) in [6.07, 6.45) is 3.63. The molecule has 0 saturated carbocycles. The van der Waals surface area contributed by atoms with Crippen molar-refractivity contribution >= 4 is 11.6 Å². The smallest absolute Gasteiger partial charge is 0.279 e. The van der Waals surface area contributed by atoms with Gasteiger partial charge in [-0.2, -0.15) is 0 Å². The van der Waals surface area contributed by atoms with Gasteiger partial charge >= 0.3 is 0 Å². The number of halogens is 1. The van der Waals surface area contributed by atoms with E-state index in [1.807, 2.05) is 0 Å². The lowest BCUT2D eigenvalue weighted by molar-refractivity contribution is -0.920. The molecule has 2 atom stereocenters. The fraction of sp³-hybridized carbons (Fsp3) is 0.500. The van der Waals surface area contributed by atoms with Crippen LogP contribution < -0.4 is 10.2 Å². The van der Waals surface area contributed by atoms with Gasteiger partial charge in [-0.25, -0.2) is 4.39 Å². The number of quaternary nitrogens is 1. The molecule has 1 fully saturated rings. The molecular formula is C14H20FN2O+. The highest BCUT2D eigenvalue weighted by atomic mass is 19.1. The topological polar surface area (TPSA) is 33.5 Å². The van der Waals surface area contributed by atoms with Crippen molar-refractivity contribution in [2.75, 3.05) is 18.4 Å². The van der Waals surface area contributed by atoms with Crippen LogP contribution in [0.3, 0.4) is 0 Å².